The Balaban J connectivity index is 1.56. The predicted molar refractivity (Wildman–Crippen MR) is 70.7 cm³/mol. The number of rotatable bonds is 6. The molecule has 6 heteroatoms. The van der Waals surface area contributed by atoms with Gasteiger partial charge in [-0.15, -0.1) is 11.3 Å². The van der Waals surface area contributed by atoms with Gasteiger partial charge in [-0.25, -0.2) is 9.78 Å². The molecule has 0 radical (unpaired) electrons. The summed E-state index contributed by atoms with van der Waals surface area (Å²) in [5.74, 6) is 0.392. The number of aromatic nitrogens is 1. The third-order valence-electron chi connectivity index (χ3n) is 2.93. The van der Waals surface area contributed by atoms with Gasteiger partial charge in [0.25, 0.3) is 0 Å². The zero-order valence-corrected chi connectivity index (χ0v) is 11.3. The number of hydrogen-bond donors (Lipinski definition) is 3. The minimum absolute atomic E-state index is 0.219. The molecule has 0 spiro atoms. The van der Waals surface area contributed by atoms with Gasteiger partial charge in [-0.05, 0) is 25.7 Å². The van der Waals surface area contributed by atoms with Crippen LogP contribution in [0.3, 0.4) is 0 Å². The SMILES string of the molecule is Cc1cnc(CCNC(=O)NC[C@H](O)C2CC2)s1. The van der Waals surface area contributed by atoms with Gasteiger partial charge in [0, 0.05) is 30.6 Å². The molecule has 2 amide bonds. The van der Waals surface area contributed by atoms with Gasteiger partial charge in [-0.2, -0.15) is 0 Å². The molecular weight excluding hydrogens is 250 g/mol. The highest BCUT2D eigenvalue weighted by Crippen LogP contribution is 2.32. The summed E-state index contributed by atoms with van der Waals surface area (Å²) in [5, 5.41) is 16.1. The van der Waals surface area contributed by atoms with Crippen LogP contribution in [0, 0.1) is 12.8 Å². The Morgan fingerprint density at radius 1 is 1.61 bits per heavy atom. The Labute approximate surface area is 111 Å². The standard InChI is InChI=1S/C12H19N3O2S/c1-8-6-14-11(18-8)4-5-13-12(17)15-7-10(16)9-2-3-9/h6,9-10,16H,2-5,7H2,1H3,(H2,13,15,17)/t10-/m0/s1. The first-order valence-corrected chi connectivity index (χ1v) is 7.08. The van der Waals surface area contributed by atoms with E-state index in [4.69, 9.17) is 0 Å². The molecule has 1 heterocycles. The summed E-state index contributed by atoms with van der Waals surface area (Å²) in [6.07, 6.45) is 4.35. The molecule has 1 saturated carbocycles. The summed E-state index contributed by atoms with van der Waals surface area (Å²) < 4.78 is 0. The molecule has 2 rings (SSSR count). The van der Waals surface area contributed by atoms with E-state index < -0.39 is 6.10 Å². The van der Waals surface area contributed by atoms with Crippen LogP contribution in [0.25, 0.3) is 0 Å². The third kappa shape index (κ3) is 4.27. The second-order valence-corrected chi connectivity index (χ2v) is 5.98. The van der Waals surface area contributed by atoms with Crippen molar-refractivity contribution in [1.29, 1.82) is 0 Å². The van der Waals surface area contributed by atoms with Crippen LogP contribution >= 0.6 is 11.3 Å². The van der Waals surface area contributed by atoms with Crippen LogP contribution in [0.1, 0.15) is 22.7 Å². The molecule has 0 unspecified atom stereocenters. The summed E-state index contributed by atoms with van der Waals surface area (Å²) in [6.45, 7) is 2.92. The second kappa shape index (κ2) is 6.15. The number of amides is 2. The number of aryl methyl sites for hydroxylation is 1. The molecule has 0 saturated heterocycles. The fraction of sp³-hybridized carbons (Fsp3) is 0.667. The lowest BCUT2D eigenvalue weighted by Crippen LogP contribution is -2.41. The van der Waals surface area contributed by atoms with Gasteiger partial charge < -0.3 is 15.7 Å². The number of nitrogens with one attached hydrogen (secondary N) is 2. The molecule has 0 aromatic carbocycles. The van der Waals surface area contributed by atoms with Crippen LogP contribution < -0.4 is 10.6 Å². The second-order valence-electron chi connectivity index (χ2n) is 4.66. The first-order valence-electron chi connectivity index (χ1n) is 6.26. The maximum absolute atomic E-state index is 11.4. The quantitative estimate of drug-likeness (QED) is 0.723. The summed E-state index contributed by atoms with van der Waals surface area (Å²) in [6, 6.07) is -0.219. The van der Waals surface area contributed by atoms with E-state index in [0.29, 0.717) is 19.0 Å². The van der Waals surface area contributed by atoms with Gasteiger partial charge in [0.2, 0.25) is 0 Å². The Kier molecular flexibility index (Phi) is 4.54. The van der Waals surface area contributed by atoms with Crippen LogP contribution in [0.15, 0.2) is 6.20 Å². The molecule has 100 valence electrons. The van der Waals surface area contributed by atoms with Crippen molar-refractivity contribution in [2.24, 2.45) is 5.92 Å². The minimum atomic E-state index is -0.391. The maximum Gasteiger partial charge on any atom is 0.314 e. The van der Waals surface area contributed by atoms with Crippen LogP contribution in [-0.4, -0.2) is 35.3 Å². The van der Waals surface area contributed by atoms with Crippen molar-refractivity contribution in [2.45, 2.75) is 32.3 Å². The zero-order valence-electron chi connectivity index (χ0n) is 10.5. The molecule has 5 nitrogen and oxygen atoms in total. The monoisotopic (exact) mass is 269 g/mol. The van der Waals surface area contributed by atoms with Crippen molar-refractivity contribution in [3.63, 3.8) is 0 Å². The molecule has 1 aliphatic carbocycles. The van der Waals surface area contributed by atoms with Crippen LogP contribution in [0.4, 0.5) is 4.79 Å². The fourth-order valence-electron chi connectivity index (χ4n) is 1.71. The minimum Gasteiger partial charge on any atom is -0.391 e. The smallest absolute Gasteiger partial charge is 0.314 e. The van der Waals surface area contributed by atoms with E-state index in [1.54, 1.807) is 11.3 Å². The third-order valence-corrected chi connectivity index (χ3v) is 3.90. The molecule has 1 aliphatic rings. The molecule has 3 N–H and O–H groups in total. The lowest BCUT2D eigenvalue weighted by molar-refractivity contribution is 0.149. The maximum atomic E-state index is 11.4. The lowest BCUT2D eigenvalue weighted by atomic mass is 10.2. The lowest BCUT2D eigenvalue weighted by Gasteiger charge is -2.11. The first kappa shape index (κ1) is 13.3. The van der Waals surface area contributed by atoms with Crippen molar-refractivity contribution < 1.29 is 9.90 Å². The largest absolute Gasteiger partial charge is 0.391 e. The molecule has 1 aromatic rings. The van der Waals surface area contributed by atoms with E-state index in [1.807, 2.05) is 13.1 Å². The fourth-order valence-corrected chi connectivity index (χ4v) is 2.49. The van der Waals surface area contributed by atoms with Gasteiger partial charge >= 0.3 is 6.03 Å². The Morgan fingerprint density at radius 3 is 3.00 bits per heavy atom. The van der Waals surface area contributed by atoms with E-state index >= 15 is 0 Å². The van der Waals surface area contributed by atoms with Crippen molar-refractivity contribution in [1.82, 2.24) is 15.6 Å². The van der Waals surface area contributed by atoms with Gasteiger partial charge in [-0.1, -0.05) is 0 Å². The molecule has 1 atom stereocenters. The van der Waals surface area contributed by atoms with E-state index in [1.165, 1.54) is 4.88 Å². The van der Waals surface area contributed by atoms with Gasteiger partial charge in [0.1, 0.15) is 0 Å². The van der Waals surface area contributed by atoms with Crippen LogP contribution in [-0.2, 0) is 6.42 Å². The summed E-state index contributed by atoms with van der Waals surface area (Å²) in [5.41, 5.74) is 0. The number of aliphatic hydroxyl groups excluding tert-OH is 1. The molecular formula is C12H19N3O2S. The molecule has 0 bridgehead atoms. The van der Waals surface area contributed by atoms with Crippen molar-refractivity contribution in [3.05, 3.63) is 16.1 Å². The Bertz CT molecular complexity index is 404. The highest BCUT2D eigenvalue weighted by molar-refractivity contribution is 7.11. The summed E-state index contributed by atoms with van der Waals surface area (Å²) >= 11 is 1.65. The zero-order chi connectivity index (χ0) is 13.0. The van der Waals surface area contributed by atoms with E-state index in [-0.39, 0.29) is 6.03 Å². The number of hydrogen-bond acceptors (Lipinski definition) is 4. The topological polar surface area (TPSA) is 74.2 Å². The van der Waals surface area contributed by atoms with Crippen molar-refractivity contribution in [3.8, 4) is 0 Å². The van der Waals surface area contributed by atoms with Crippen LogP contribution in [0.5, 0.6) is 0 Å². The number of nitrogens with zero attached hydrogens (tertiary/aromatic N) is 1. The van der Waals surface area contributed by atoms with E-state index in [9.17, 15) is 9.90 Å². The Hall–Kier alpha value is -1.14. The molecule has 0 aliphatic heterocycles. The first-order chi connectivity index (χ1) is 8.65. The number of carbonyl (C=O) groups excluding carboxylic acids is 1. The number of aliphatic hydroxyl groups is 1. The van der Waals surface area contributed by atoms with Crippen LogP contribution in [0.2, 0.25) is 0 Å². The van der Waals surface area contributed by atoms with Gasteiger partial charge in [0.05, 0.1) is 11.1 Å². The average Bonchev–Trinajstić information content (AvgIpc) is 3.11. The average molecular weight is 269 g/mol. The predicted octanol–water partition coefficient (Wildman–Crippen LogP) is 1.06. The van der Waals surface area contributed by atoms with E-state index in [0.717, 1.165) is 24.3 Å². The van der Waals surface area contributed by atoms with Gasteiger partial charge in [-0.3, -0.25) is 0 Å². The summed E-state index contributed by atoms with van der Waals surface area (Å²) in [7, 11) is 0. The molecule has 1 aromatic heterocycles. The number of urea groups is 1. The highest BCUT2D eigenvalue weighted by Gasteiger charge is 2.29. The normalized spacial score (nSPS) is 16.3. The number of thiazole rings is 1. The molecule has 1 fully saturated rings. The highest BCUT2D eigenvalue weighted by atomic mass is 32.1. The van der Waals surface area contributed by atoms with E-state index in [2.05, 4.69) is 15.6 Å². The Morgan fingerprint density at radius 2 is 2.39 bits per heavy atom. The number of carbonyl (C=O) groups is 1. The van der Waals surface area contributed by atoms with Crippen molar-refractivity contribution >= 4 is 17.4 Å². The summed E-state index contributed by atoms with van der Waals surface area (Å²) in [4.78, 5) is 16.8. The van der Waals surface area contributed by atoms with Crippen molar-refractivity contribution in [2.75, 3.05) is 13.1 Å². The van der Waals surface area contributed by atoms with Gasteiger partial charge in [0.15, 0.2) is 0 Å². The molecule has 18 heavy (non-hydrogen) atoms.